The van der Waals surface area contributed by atoms with Crippen LogP contribution in [-0.4, -0.2) is 57.8 Å². The molecule has 0 spiro atoms. The van der Waals surface area contributed by atoms with Crippen LogP contribution in [0, 0.1) is 11.3 Å². The van der Waals surface area contributed by atoms with Crippen molar-refractivity contribution in [2.24, 2.45) is 0 Å². The summed E-state index contributed by atoms with van der Waals surface area (Å²) in [7, 11) is -4.38. The number of carbonyl (C=O) groups excluding carboxylic acids is 1. The monoisotopic (exact) mass is 616 g/mol. The number of rotatable bonds is 11. The number of alkyl halides is 1. The highest BCUT2D eigenvalue weighted by molar-refractivity contribution is 7.52. The zero-order valence-corrected chi connectivity index (χ0v) is 24.3. The highest BCUT2D eigenvalue weighted by atomic mass is 31.2. The zero-order valence-electron chi connectivity index (χ0n) is 23.4. The van der Waals surface area contributed by atoms with Gasteiger partial charge < -0.3 is 19.1 Å². The Hall–Kier alpha value is -4.12. The standard InChI is InChI=1S/C28H30FN4O9P/c1-17(2)40-24(35)15-31-43(38,42-21-10-8-20(9-11-21)19-6-4-18(14-30)5-7-19)39-16-22-25(36)28(3,29)26(41-22)33-13-12-23(34)32-27(33)37/h4-13,17,22,25-26,36H,15-16H2,1-3H3,(H,31,38)(H,32,34,37). The smallest absolute Gasteiger partial charge is 0.459 e. The van der Waals surface area contributed by atoms with Crippen molar-refractivity contribution >= 4 is 13.7 Å². The summed E-state index contributed by atoms with van der Waals surface area (Å²) in [5, 5.41) is 22.1. The van der Waals surface area contributed by atoms with Crippen LogP contribution in [0.25, 0.3) is 11.1 Å². The average molecular weight is 617 g/mol. The molecule has 1 saturated heterocycles. The summed E-state index contributed by atoms with van der Waals surface area (Å²) in [6.07, 6.45) is -4.34. The Kier molecular flexibility index (Phi) is 9.64. The molecule has 0 saturated carbocycles. The number of nitriles is 1. The average Bonchev–Trinajstić information content (AvgIpc) is 3.19. The van der Waals surface area contributed by atoms with Crippen molar-refractivity contribution in [1.29, 1.82) is 5.26 Å². The molecule has 228 valence electrons. The van der Waals surface area contributed by atoms with Crippen molar-refractivity contribution < 1.29 is 37.4 Å². The van der Waals surface area contributed by atoms with Gasteiger partial charge in [-0.3, -0.25) is 23.7 Å². The highest BCUT2D eigenvalue weighted by Crippen LogP contribution is 2.47. The van der Waals surface area contributed by atoms with Crippen molar-refractivity contribution in [3.63, 3.8) is 0 Å². The first-order chi connectivity index (χ1) is 20.3. The molecule has 3 N–H and O–H groups in total. The molecule has 4 rings (SSSR count). The fraction of sp³-hybridized carbons (Fsp3) is 0.357. The van der Waals surface area contributed by atoms with Crippen LogP contribution in [0.5, 0.6) is 5.75 Å². The predicted molar refractivity (Wildman–Crippen MR) is 151 cm³/mol. The maximum atomic E-state index is 15.6. The molecule has 1 aliphatic rings. The van der Waals surface area contributed by atoms with E-state index in [9.17, 15) is 24.1 Å². The van der Waals surface area contributed by atoms with Gasteiger partial charge in [-0.1, -0.05) is 24.3 Å². The number of hydrogen-bond donors (Lipinski definition) is 3. The number of halogens is 1. The Bertz CT molecular complexity index is 1650. The summed E-state index contributed by atoms with van der Waals surface area (Å²) in [5.41, 5.74) is -2.09. The first-order valence-corrected chi connectivity index (χ1v) is 14.7. The highest BCUT2D eigenvalue weighted by Gasteiger charge is 2.55. The lowest BCUT2D eigenvalue weighted by molar-refractivity contribution is -0.146. The van der Waals surface area contributed by atoms with Crippen LogP contribution in [0.15, 0.2) is 70.4 Å². The molecule has 5 atom stereocenters. The number of nitrogens with zero attached hydrogens (tertiary/aromatic N) is 2. The van der Waals surface area contributed by atoms with E-state index in [1.165, 1.54) is 12.1 Å². The third kappa shape index (κ3) is 7.64. The van der Waals surface area contributed by atoms with E-state index in [1.807, 2.05) is 11.1 Å². The van der Waals surface area contributed by atoms with E-state index in [1.54, 1.807) is 50.2 Å². The number of aromatic nitrogens is 2. The molecule has 0 aliphatic carbocycles. The largest absolute Gasteiger partial charge is 0.462 e. The number of benzene rings is 2. The summed E-state index contributed by atoms with van der Waals surface area (Å²) in [5.74, 6) is -0.657. The lowest BCUT2D eigenvalue weighted by atomic mass is 9.98. The van der Waals surface area contributed by atoms with Crippen molar-refractivity contribution in [3.05, 3.63) is 87.2 Å². The predicted octanol–water partition coefficient (Wildman–Crippen LogP) is 2.81. The Morgan fingerprint density at radius 3 is 2.40 bits per heavy atom. The minimum atomic E-state index is -4.38. The molecule has 5 unspecified atom stereocenters. The second-order valence-corrected chi connectivity index (χ2v) is 11.9. The normalized spacial score (nSPS) is 23.0. The Morgan fingerprint density at radius 2 is 1.81 bits per heavy atom. The second kappa shape index (κ2) is 13.0. The lowest BCUT2D eigenvalue weighted by Gasteiger charge is -2.24. The van der Waals surface area contributed by atoms with Crippen molar-refractivity contribution in [3.8, 4) is 22.9 Å². The molecule has 0 bridgehead atoms. The quantitative estimate of drug-likeness (QED) is 0.213. The molecular formula is C28H30FN4O9P. The second-order valence-electron chi connectivity index (χ2n) is 10.1. The molecule has 43 heavy (non-hydrogen) atoms. The van der Waals surface area contributed by atoms with E-state index >= 15 is 4.39 Å². The molecule has 2 aromatic carbocycles. The van der Waals surface area contributed by atoms with Gasteiger partial charge in [0, 0.05) is 12.3 Å². The molecule has 13 nitrogen and oxygen atoms in total. The Labute approximate surface area is 245 Å². The van der Waals surface area contributed by atoms with Crippen LogP contribution in [0.4, 0.5) is 4.39 Å². The fourth-order valence-electron chi connectivity index (χ4n) is 4.29. The molecule has 2 heterocycles. The van der Waals surface area contributed by atoms with E-state index in [2.05, 4.69) is 5.09 Å². The van der Waals surface area contributed by atoms with Gasteiger partial charge in [0.25, 0.3) is 5.56 Å². The molecule has 15 heteroatoms. The van der Waals surface area contributed by atoms with E-state index in [-0.39, 0.29) is 5.75 Å². The molecule has 1 aliphatic heterocycles. The van der Waals surface area contributed by atoms with Crippen LogP contribution >= 0.6 is 7.75 Å². The molecule has 0 radical (unpaired) electrons. The first kappa shape index (κ1) is 31.8. The number of carbonyl (C=O) groups is 1. The number of hydrogen-bond acceptors (Lipinski definition) is 10. The number of nitrogens with one attached hydrogen (secondary N) is 2. The third-order valence-electron chi connectivity index (χ3n) is 6.44. The van der Waals surface area contributed by atoms with Gasteiger partial charge in [-0.05, 0) is 56.2 Å². The van der Waals surface area contributed by atoms with Crippen molar-refractivity contribution in [2.75, 3.05) is 13.2 Å². The summed E-state index contributed by atoms with van der Waals surface area (Å²) in [6.45, 7) is 3.03. The Balaban J connectivity index is 1.51. The molecular weight excluding hydrogens is 586 g/mol. The number of aliphatic hydroxyl groups excluding tert-OH is 1. The maximum Gasteiger partial charge on any atom is 0.459 e. The van der Waals surface area contributed by atoms with Crippen LogP contribution < -0.4 is 20.9 Å². The third-order valence-corrected chi connectivity index (χ3v) is 7.93. The van der Waals surface area contributed by atoms with Gasteiger partial charge in [-0.25, -0.2) is 18.8 Å². The van der Waals surface area contributed by atoms with Gasteiger partial charge in [-0.15, -0.1) is 0 Å². The van der Waals surface area contributed by atoms with Gasteiger partial charge in [0.1, 0.15) is 24.5 Å². The number of H-pyrrole nitrogens is 1. The van der Waals surface area contributed by atoms with Gasteiger partial charge in [-0.2, -0.15) is 5.26 Å². The topological polar surface area (TPSA) is 182 Å². The molecule has 1 fully saturated rings. The van der Waals surface area contributed by atoms with Crippen LogP contribution in [0.1, 0.15) is 32.6 Å². The number of aliphatic hydroxyl groups is 1. The number of ether oxygens (including phenoxy) is 2. The van der Waals surface area contributed by atoms with E-state index in [0.29, 0.717) is 5.56 Å². The number of aromatic amines is 1. The van der Waals surface area contributed by atoms with Gasteiger partial charge in [0.15, 0.2) is 11.9 Å². The molecule has 3 aromatic rings. The SMILES string of the molecule is CC(C)OC(=O)CNP(=O)(OCC1OC(n2ccc(=O)[nH]c2=O)C(C)(F)C1O)Oc1ccc(-c2ccc(C#N)cc2)cc1. The van der Waals surface area contributed by atoms with Crippen LogP contribution in [-0.2, 0) is 23.4 Å². The van der Waals surface area contributed by atoms with E-state index in [4.69, 9.17) is 23.8 Å². The maximum absolute atomic E-state index is 15.6. The van der Waals surface area contributed by atoms with E-state index < -0.39 is 68.3 Å². The number of esters is 1. The lowest BCUT2D eigenvalue weighted by Crippen LogP contribution is -2.43. The zero-order chi connectivity index (χ0) is 31.4. The summed E-state index contributed by atoms with van der Waals surface area (Å²) in [6, 6.07) is 16.3. The minimum Gasteiger partial charge on any atom is -0.462 e. The van der Waals surface area contributed by atoms with Crippen LogP contribution in [0.2, 0.25) is 0 Å². The fourth-order valence-corrected chi connectivity index (χ4v) is 5.56. The molecule has 1 aromatic heterocycles. The van der Waals surface area contributed by atoms with Crippen molar-refractivity contribution in [2.45, 2.75) is 51.0 Å². The summed E-state index contributed by atoms with van der Waals surface area (Å²) < 4.78 is 51.8. The Morgan fingerprint density at radius 1 is 1.19 bits per heavy atom. The van der Waals surface area contributed by atoms with E-state index in [0.717, 1.165) is 34.9 Å². The van der Waals surface area contributed by atoms with Gasteiger partial charge >= 0.3 is 19.4 Å². The van der Waals surface area contributed by atoms with Gasteiger partial charge in [0.05, 0.1) is 24.3 Å². The summed E-state index contributed by atoms with van der Waals surface area (Å²) in [4.78, 5) is 37.8. The summed E-state index contributed by atoms with van der Waals surface area (Å²) >= 11 is 0. The molecule has 0 amide bonds. The van der Waals surface area contributed by atoms with Gasteiger partial charge in [0.2, 0.25) is 0 Å². The first-order valence-electron chi connectivity index (χ1n) is 13.1. The minimum absolute atomic E-state index is 0.0892. The van der Waals surface area contributed by atoms with Crippen molar-refractivity contribution in [1.82, 2.24) is 14.6 Å². The van der Waals surface area contributed by atoms with Crippen LogP contribution in [0.3, 0.4) is 0 Å².